The molecule has 1 aromatic heterocycles. The Hall–Kier alpha value is -4.07. The number of nitrogens with zero attached hydrogens (tertiary/aromatic N) is 1. The monoisotopic (exact) mass is 475 g/mol. The van der Waals surface area contributed by atoms with Gasteiger partial charge in [-0.15, -0.1) is 0 Å². The predicted molar refractivity (Wildman–Crippen MR) is 130 cm³/mol. The maximum absolute atomic E-state index is 13.4. The normalized spacial score (nSPS) is 17.4. The van der Waals surface area contributed by atoms with Crippen LogP contribution in [0.2, 0.25) is 0 Å². The van der Waals surface area contributed by atoms with Crippen molar-refractivity contribution in [2.75, 3.05) is 5.32 Å². The first-order chi connectivity index (χ1) is 16.8. The van der Waals surface area contributed by atoms with Gasteiger partial charge in [-0.1, -0.05) is 55.8 Å². The Bertz CT molecular complexity index is 1190. The molecular formula is C27H29N3O5. The zero-order valence-electron chi connectivity index (χ0n) is 20.0. The van der Waals surface area contributed by atoms with E-state index >= 15 is 0 Å². The molecule has 1 aliphatic heterocycles. The van der Waals surface area contributed by atoms with Crippen LogP contribution in [0.15, 0.2) is 71.3 Å². The van der Waals surface area contributed by atoms with Gasteiger partial charge < -0.3 is 19.8 Å². The lowest BCUT2D eigenvalue weighted by molar-refractivity contribution is -0.126. The number of hydrogen-bond acceptors (Lipinski definition) is 5. The van der Waals surface area contributed by atoms with E-state index in [1.165, 1.54) is 11.2 Å². The van der Waals surface area contributed by atoms with Crippen molar-refractivity contribution in [1.82, 2.24) is 10.2 Å². The molecule has 182 valence electrons. The molecule has 2 unspecified atom stereocenters. The molecule has 0 aliphatic carbocycles. The highest BCUT2D eigenvalue weighted by molar-refractivity contribution is 5.92. The fraction of sp³-hybridized carbons (Fsp3) is 0.296. The summed E-state index contributed by atoms with van der Waals surface area (Å²) in [7, 11) is 0. The van der Waals surface area contributed by atoms with Gasteiger partial charge in [0.25, 0.3) is 0 Å². The molecule has 4 rings (SSSR count). The molecule has 2 aromatic carbocycles. The zero-order valence-corrected chi connectivity index (χ0v) is 20.0. The first-order valence-electron chi connectivity index (χ1n) is 11.6. The summed E-state index contributed by atoms with van der Waals surface area (Å²) in [5.74, 6) is -0.0722. The van der Waals surface area contributed by atoms with Crippen LogP contribution in [0.1, 0.15) is 42.4 Å². The van der Waals surface area contributed by atoms with Crippen molar-refractivity contribution < 1.29 is 23.5 Å². The van der Waals surface area contributed by atoms with Gasteiger partial charge in [-0.25, -0.2) is 4.79 Å². The van der Waals surface area contributed by atoms with Gasteiger partial charge in [-0.3, -0.25) is 14.5 Å². The molecule has 3 amide bonds. The predicted octanol–water partition coefficient (Wildman–Crippen LogP) is 4.56. The van der Waals surface area contributed by atoms with Crippen molar-refractivity contribution >= 4 is 23.6 Å². The molecule has 0 spiro atoms. The van der Waals surface area contributed by atoms with Gasteiger partial charge in [0.2, 0.25) is 11.8 Å². The highest BCUT2D eigenvalue weighted by Gasteiger charge is 2.47. The van der Waals surface area contributed by atoms with Gasteiger partial charge in [0.1, 0.15) is 5.76 Å². The number of rotatable bonds is 8. The van der Waals surface area contributed by atoms with Crippen LogP contribution in [0.4, 0.5) is 10.5 Å². The molecule has 2 heterocycles. The van der Waals surface area contributed by atoms with E-state index in [9.17, 15) is 14.4 Å². The van der Waals surface area contributed by atoms with Gasteiger partial charge in [0.15, 0.2) is 12.1 Å². The van der Waals surface area contributed by atoms with Gasteiger partial charge in [0.05, 0.1) is 19.4 Å². The van der Waals surface area contributed by atoms with E-state index in [1.807, 2.05) is 31.2 Å². The van der Waals surface area contributed by atoms with Crippen LogP contribution in [0.25, 0.3) is 0 Å². The number of hydrogen-bond donors (Lipinski definition) is 2. The van der Waals surface area contributed by atoms with Crippen LogP contribution >= 0.6 is 0 Å². The lowest BCUT2D eigenvalue weighted by atomic mass is 10.00. The average molecular weight is 476 g/mol. The Morgan fingerprint density at radius 1 is 1.06 bits per heavy atom. The summed E-state index contributed by atoms with van der Waals surface area (Å²) >= 11 is 0. The summed E-state index contributed by atoms with van der Waals surface area (Å²) in [5, 5.41) is 5.71. The fourth-order valence-corrected chi connectivity index (χ4v) is 3.87. The van der Waals surface area contributed by atoms with Crippen molar-refractivity contribution in [3.8, 4) is 0 Å². The number of amides is 3. The number of nitrogens with one attached hydrogen (secondary N) is 2. The summed E-state index contributed by atoms with van der Waals surface area (Å²) in [6, 6.07) is 17.4. The van der Waals surface area contributed by atoms with E-state index in [0.717, 1.165) is 11.1 Å². The Kier molecular flexibility index (Phi) is 7.19. The Morgan fingerprint density at radius 3 is 2.51 bits per heavy atom. The average Bonchev–Trinajstić information content (AvgIpc) is 3.47. The lowest BCUT2D eigenvalue weighted by Crippen LogP contribution is -2.46. The number of cyclic esters (lactones) is 1. The molecule has 2 atom stereocenters. The fourth-order valence-electron chi connectivity index (χ4n) is 3.87. The third-order valence-corrected chi connectivity index (χ3v) is 5.85. The third kappa shape index (κ3) is 5.71. The number of benzene rings is 2. The minimum Gasteiger partial charge on any atom is -0.467 e. The number of furan rings is 1. The molecule has 2 N–H and O–H groups in total. The van der Waals surface area contributed by atoms with Crippen LogP contribution in [-0.4, -0.2) is 28.8 Å². The SMILES string of the molecule is Cc1ccc(CN2C(=O)OC(c3cccc(NC(=O)C(C)C)c3)C2C(=O)NCc2ccco2)cc1. The highest BCUT2D eigenvalue weighted by Crippen LogP contribution is 2.35. The van der Waals surface area contributed by atoms with Gasteiger partial charge in [-0.2, -0.15) is 0 Å². The van der Waals surface area contributed by atoms with Crippen molar-refractivity contribution in [1.29, 1.82) is 0 Å². The zero-order chi connectivity index (χ0) is 24.9. The molecule has 0 radical (unpaired) electrons. The van der Waals surface area contributed by atoms with E-state index in [-0.39, 0.29) is 30.8 Å². The number of ether oxygens (including phenoxy) is 1. The Labute approximate surface area is 204 Å². The number of aryl methyl sites for hydroxylation is 1. The first kappa shape index (κ1) is 24.1. The number of carbonyl (C=O) groups excluding carboxylic acids is 3. The summed E-state index contributed by atoms with van der Waals surface area (Å²) in [5.41, 5.74) is 3.17. The first-order valence-corrected chi connectivity index (χ1v) is 11.6. The van der Waals surface area contributed by atoms with Gasteiger partial charge >= 0.3 is 6.09 Å². The standard InChI is InChI=1S/C27H29N3O5/c1-17(2)25(31)29-21-7-4-6-20(14-21)24-23(26(32)28-15-22-8-5-13-34-22)30(27(33)35-24)16-19-11-9-18(3)10-12-19/h4-14,17,23-24H,15-16H2,1-3H3,(H,28,32)(H,29,31). The largest absolute Gasteiger partial charge is 0.467 e. The molecular weight excluding hydrogens is 446 g/mol. The topological polar surface area (TPSA) is 101 Å². The minimum absolute atomic E-state index is 0.126. The van der Waals surface area contributed by atoms with E-state index < -0.39 is 18.2 Å². The van der Waals surface area contributed by atoms with Gasteiger partial charge in [0, 0.05) is 11.6 Å². The molecule has 1 fully saturated rings. The molecule has 35 heavy (non-hydrogen) atoms. The van der Waals surface area contributed by atoms with Crippen molar-refractivity contribution in [3.63, 3.8) is 0 Å². The quantitative estimate of drug-likeness (QED) is 0.497. The van der Waals surface area contributed by atoms with Crippen LogP contribution in [0.5, 0.6) is 0 Å². The van der Waals surface area contributed by atoms with E-state index in [4.69, 9.17) is 9.15 Å². The van der Waals surface area contributed by atoms with Crippen LogP contribution < -0.4 is 10.6 Å². The van der Waals surface area contributed by atoms with E-state index in [2.05, 4.69) is 10.6 Å². The molecule has 8 heteroatoms. The maximum Gasteiger partial charge on any atom is 0.411 e. The summed E-state index contributed by atoms with van der Waals surface area (Å²) in [6.07, 6.45) is 0.110. The molecule has 3 aromatic rings. The smallest absolute Gasteiger partial charge is 0.411 e. The van der Waals surface area contributed by atoms with Crippen molar-refractivity contribution in [2.45, 2.75) is 46.0 Å². The van der Waals surface area contributed by atoms with E-state index in [1.54, 1.807) is 50.2 Å². The maximum atomic E-state index is 13.4. The number of carbonyl (C=O) groups is 3. The molecule has 8 nitrogen and oxygen atoms in total. The van der Waals surface area contributed by atoms with Crippen LogP contribution in [-0.2, 0) is 27.4 Å². The molecule has 0 bridgehead atoms. The molecule has 1 aliphatic rings. The second-order valence-corrected chi connectivity index (χ2v) is 8.93. The summed E-state index contributed by atoms with van der Waals surface area (Å²) in [6.45, 7) is 6.00. The highest BCUT2D eigenvalue weighted by atomic mass is 16.6. The van der Waals surface area contributed by atoms with Crippen LogP contribution in [0.3, 0.4) is 0 Å². The third-order valence-electron chi connectivity index (χ3n) is 5.85. The van der Waals surface area contributed by atoms with Crippen molar-refractivity contribution in [2.24, 2.45) is 5.92 Å². The molecule has 0 saturated carbocycles. The lowest BCUT2D eigenvalue weighted by Gasteiger charge is -2.24. The Morgan fingerprint density at radius 2 is 1.83 bits per heavy atom. The minimum atomic E-state index is -0.908. The Balaban J connectivity index is 1.61. The van der Waals surface area contributed by atoms with Crippen molar-refractivity contribution in [3.05, 3.63) is 89.4 Å². The van der Waals surface area contributed by atoms with Gasteiger partial charge in [-0.05, 0) is 42.3 Å². The van der Waals surface area contributed by atoms with Crippen LogP contribution in [0, 0.1) is 12.8 Å². The second-order valence-electron chi connectivity index (χ2n) is 8.93. The van der Waals surface area contributed by atoms with E-state index in [0.29, 0.717) is 17.0 Å². The summed E-state index contributed by atoms with van der Waals surface area (Å²) < 4.78 is 11.0. The molecule has 1 saturated heterocycles. The summed E-state index contributed by atoms with van der Waals surface area (Å²) in [4.78, 5) is 39.9. The second kappa shape index (κ2) is 10.5. The number of anilines is 1.